The van der Waals surface area contributed by atoms with Crippen molar-refractivity contribution in [1.82, 2.24) is 14.8 Å². The SMILES string of the molecule is C/C=C(\C=C(/C)Cl)COC(=O)N1CC2(CCN(C(=O)c3ccc4[nH]c(=O)oc4c3)CC2)C1. The molecular formula is C23H26ClN3O5. The minimum absolute atomic E-state index is 0.0449. The van der Waals surface area contributed by atoms with Gasteiger partial charge in [-0.3, -0.25) is 9.78 Å². The fourth-order valence-corrected chi connectivity index (χ4v) is 4.49. The number of oxazole rings is 1. The van der Waals surface area contributed by atoms with Crippen LogP contribution >= 0.6 is 11.6 Å². The van der Waals surface area contributed by atoms with Gasteiger partial charge in [0, 0.05) is 42.2 Å². The number of carbonyl (C=O) groups excluding carboxylic acids is 2. The predicted octanol–water partition coefficient (Wildman–Crippen LogP) is 3.88. The molecule has 0 unspecified atom stereocenters. The van der Waals surface area contributed by atoms with E-state index in [1.807, 2.05) is 17.9 Å². The van der Waals surface area contributed by atoms with E-state index in [1.54, 1.807) is 36.1 Å². The second kappa shape index (κ2) is 8.86. The molecule has 3 heterocycles. The van der Waals surface area contributed by atoms with Gasteiger partial charge in [-0.05, 0) is 56.5 Å². The first kappa shape index (κ1) is 22.2. The third-order valence-corrected chi connectivity index (χ3v) is 6.32. The molecule has 0 saturated carbocycles. The highest BCUT2D eigenvalue weighted by Crippen LogP contribution is 2.41. The molecule has 1 N–H and O–H groups in total. The van der Waals surface area contributed by atoms with Gasteiger partial charge < -0.3 is 19.0 Å². The molecule has 2 aliphatic rings. The molecule has 1 spiro atoms. The van der Waals surface area contributed by atoms with Gasteiger partial charge in [0.05, 0.1) is 5.52 Å². The maximum Gasteiger partial charge on any atom is 0.417 e. The molecule has 32 heavy (non-hydrogen) atoms. The van der Waals surface area contributed by atoms with E-state index >= 15 is 0 Å². The topological polar surface area (TPSA) is 95.9 Å². The van der Waals surface area contributed by atoms with Crippen LogP contribution in [0.1, 0.15) is 37.0 Å². The lowest BCUT2D eigenvalue weighted by molar-refractivity contribution is -0.0362. The number of nitrogens with one attached hydrogen (secondary N) is 1. The van der Waals surface area contributed by atoms with Crippen LogP contribution in [0.25, 0.3) is 11.1 Å². The molecule has 1 aromatic carbocycles. The Kier molecular flexibility index (Phi) is 6.15. The fraction of sp³-hybridized carbons (Fsp3) is 0.435. The second-order valence-electron chi connectivity index (χ2n) is 8.52. The van der Waals surface area contributed by atoms with Gasteiger partial charge in [0.25, 0.3) is 5.91 Å². The van der Waals surface area contributed by atoms with E-state index in [9.17, 15) is 14.4 Å². The minimum Gasteiger partial charge on any atom is -0.445 e. The number of fused-ring (bicyclic) bond motifs is 1. The van der Waals surface area contributed by atoms with Crippen molar-refractivity contribution in [2.24, 2.45) is 5.41 Å². The Morgan fingerprint density at radius 2 is 1.97 bits per heavy atom. The quantitative estimate of drug-likeness (QED) is 0.700. The first-order chi connectivity index (χ1) is 15.3. The number of ether oxygens (including phenoxy) is 1. The summed E-state index contributed by atoms with van der Waals surface area (Å²) in [6.45, 7) is 6.38. The summed E-state index contributed by atoms with van der Waals surface area (Å²) in [5.41, 5.74) is 2.34. The Balaban J connectivity index is 1.27. The van der Waals surface area contributed by atoms with Crippen molar-refractivity contribution in [2.75, 3.05) is 32.8 Å². The van der Waals surface area contributed by atoms with Crippen LogP contribution in [0.4, 0.5) is 4.79 Å². The van der Waals surface area contributed by atoms with Gasteiger partial charge in [-0.1, -0.05) is 17.7 Å². The molecule has 4 rings (SSSR count). The highest BCUT2D eigenvalue weighted by atomic mass is 35.5. The van der Waals surface area contributed by atoms with E-state index in [-0.39, 0.29) is 24.0 Å². The smallest absolute Gasteiger partial charge is 0.417 e. The summed E-state index contributed by atoms with van der Waals surface area (Å²) >= 11 is 5.89. The molecule has 2 fully saturated rings. The standard InChI is InChI=1S/C23H26ClN3O5/c1-3-16(10-15(2)24)12-31-22(30)27-13-23(14-27)6-8-26(9-7-23)20(28)17-4-5-18-19(11-17)32-21(29)25-18/h3-5,10-11H,6-9,12-14H2,1-2H3,(H,25,29)/b15-10+,16-3+. The van der Waals surface area contributed by atoms with Gasteiger partial charge in [-0.15, -0.1) is 0 Å². The summed E-state index contributed by atoms with van der Waals surface area (Å²) in [6.07, 6.45) is 4.98. The number of hydrogen-bond acceptors (Lipinski definition) is 5. The number of halogens is 1. The van der Waals surface area contributed by atoms with Gasteiger partial charge >= 0.3 is 11.8 Å². The summed E-state index contributed by atoms with van der Waals surface area (Å²) in [4.78, 5) is 42.7. The molecule has 0 bridgehead atoms. The third kappa shape index (κ3) is 4.60. The minimum atomic E-state index is -0.537. The van der Waals surface area contributed by atoms with E-state index in [2.05, 4.69) is 4.98 Å². The van der Waals surface area contributed by atoms with E-state index in [4.69, 9.17) is 20.8 Å². The Hall–Kier alpha value is -3.00. The summed E-state index contributed by atoms with van der Waals surface area (Å²) in [5, 5.41) is 0.635. The van der Waals surface area contributed by atoms with Crippen LogP contribution in [-0.4, -0.2) is 59.6 Å². The van der Waals surface area contributed by atoms with Crippen molar-refractivity contribution in [3.63, 3.8) is 0 Å². The molecule has 9 heteroatoms. The van der Waals surface area contributed by atoms with Gasteiger partial charge in [-0.25, -0.2) is 9.59 Å². The van der Waals surface area contributed by atoms with Gasteiger partial charge in [0.1, 0.15) is 6.61 Å². The average molecular weight is 460 g/mol. The fourth-order valence-electron chi connectivity index (χ4n) is 4.35. The summed E-state index contributed by atoms with van der Waals surface area (Å²) in [6, 6.07) is 4.97. The van der Waals surface area contributed by atoms with Crippen LogP contribution in [0.2, 0.25) is 0 Å². The zero-order chi connectivity index (χ0) is 22.9. The number of likely N-dealkylation sites (tertiary alicyclic amines) is 2. The van der Waals surface area contributed by atoms with Crippen molar-refractivity contribution in [2.45, 2.75) is 26.7 Å². The van der Waals surface area contributed by atoms with Gasteiger partial charge in [0.2, 0.25) is 0 Å². The lowest BCUT2D eigenvalue weighted by atomic mass is 9.72. The summed E-state index contributed by atoms with van der Waals surface area (Å²) < 4.78 is 10.5. The van der Waals surface area contributed by atoms with Crippen molar-refractivity contribution in [3.05, 3.63) is 57.1 Å². The average Bonchev–Trinajstić information content (AvgIpc) is 3.13. The number of carbonyl (C=O) groups is 2. The molecule has 2 aliphatic heterocycles. The monoisotopic (exact) mass is 459 g/mol. The van der Waals surface area contributed by atoms with Crippen molar-refractivity contribution in [1.29, 1.82) is 0 Å². The molecule has 1 aromatic heterocycles. The molecule has 8 nitrogen and oxygen atoms in total. The van der Waals surface area contributed by atoms with Crippen LogP contribution < -0.4 is 5.76 Å². The first-order valence-electron chi connectivity index (χ1n) is 10.6. The zero-order valence-electron chi connectivity index (χ0n) is 18.2. The number of piperidine rings is 1. The molecule has 0 radical (unpaired) electrons. The molecule has 2 saturated heterocycles. The Bertz CT molecular complexity index is 1140. The predicted molar refractivity (Wildman–Crippen MR) is 121 cm³/mol. The number of benzene rings is 1. The molecule has 0 atom stereocenters. The number of amides is 2. The van der Waals surface area contributed by atoms with Crippen LogP contribution in [-0.2, 0) is 4.74 Å². The number of H-pyrrole nitrogens is 1. The zero-order valence-corrected chi connectivity index (χ0v) is 18.9. The Labute approximate surface area is 190 Å². The van der Waals surface area contributed by atoms with Crippen LogP contribution in [0, 0.1) is 5.41 Å². The number of nitrogens with zero attached hydrogens (tertiary/aromatic N) is 2. The third-order valence-electron chi connectivity index (χ3n) is 6.21. The molecule has 0 aliphatic carbocycles. The number of aromatic amines is 1. The van der Waals surface area contributed by atoms with Crippen molar-refractivity contribution < 1.29 is 18.7 Å². The molecule has 170 valence electrons. The van der Waals surface area contributed by atoms with E-state index < -0.39 is 5.76 Å². The van der Waals surface area contributed by atoms with Crippen molar-refractivity contribution >= 4 is 34.7 Å². The number of hydrogen-bond donors (Lipinski definition) is 1. The van der Waals surface area contributed by atoms with E-state index in [1.165, 1.54) is 0 Å². The highest BCUT2D eigenvalue weighted by Gasteiger charge is 2.47. The Morgan fingerprint density at radius 3 is 2.62 bits per heavy atom. The largest absolute Gasteiger partial charge is 0.445 e. The number of rotatable bonds is 4. The highest BCUT2D eigenvalue weighted by molar-refractivity contribution is 6.29. The van der Waals surface area contributed by atoms with E-state index in [0.29, 0.717) is 47.9 Å². The molecule has 2 amide bonds. The second-order valence-corrected chi connectivity index (χ2v) is 9.12. The van der Waals surface area contributed by atoms with Gasteiger partial charge in [0.15, 0.2) is 5.58 Å². The van der Waals surface area contributed by atoms with Crippen molar-refractivity contribution in [3.8, 4) is 0 Å². The molecular weight excluding hydrogens is 434 g/mol. The maximum atomic E-state index is 12.9. The normalized spacial score (nSPS) is 18.7. The lowest BCUT2D eigenvalue weighted by Crippen LogP contribution is -2.62. The number of aromatic nitrogens is 1. The molecule has 2 aromatic rings. The lowest BCUT2D eigenvalue weighted by Gasteiger charge is -2.53. The maximum absolute atomic E-state index is 12.9. The Morgan fingerprint density at radius 1 is 1.25 bits per heavy atom. The summed E-state index contributed by atoms with van der Waals surface area (Å²) in [5.74, 6) is -0.618. The summed E-state index contributed by atoms with van der Waals surface area (Å²) in [7, 11) is 0. The van der Waals surface area contributed by atoms with Crippen LogP contribution in [0.5, 0.6) is 0 Å². The van der Waals surface area contributed by atoms with Gasteiger partial charge in [-0.2, -0.15) is 0 Å². The van der Waals surface area contributed by atoms with E-state index in [0.717, 1.165) is 18.4 Å². The van der Waals surface area contributed by atoms with Crippen LogP contribution in [0.3, 0.4) is 0 Å². The van der Waals surface area contributed by atoms with Crippen LogP contribution in [0.15, 0.2) is 50.2 Å². The number of allylic oxidation sites excluding steroid dienone is 2. The first-order valence-corrected chi connectivity index (χ1v) is 11.0.